The molecule has 2 N–H and O–H groups in total. The molecule has 118 valence electrons. The number of hydrogen-bond acceptors (Lipinski definition) is 3. The molecule has 2 atom stereocenters. The largest absolute Gasteiger partial charge is 0.481 e. The van der Waals surface area contributed by atoms with Gasteiger partial charge < -0.3 is 15.3 Å². The maximum atomic E-state index is 12.4. The van der Waals surface area contributed by atoms with Crippen molar-refractivity contribution in [3.63, 3.8) is 0 Å². The summed E-state index contributed by atoms with van der Waals surface area (Å²) < 4.78 is 0. The second-order valence-electron chi connectivity index (χ2n) is 6.98. The van der Waals surface area contributed by atoms with E-state index in [2.05, 4.69) is 5.32 Å². The molecular formula is C16H26N2O3. The molecule has 5 heteroatoms. The van der Waals surface area contributed by atoms with Gasteiger partial charge in [0.25, 0.3) is 0 Å². The number of carboxylic acids is 1. The predicted octanol–water partition coefficient (Wildman–Crippen LogP) is 1.34. The standard InChI is InChI=1S/C16H26N2O3/c19-15(4-1-11-5-7-17-8-6-11)18-9-13(12-2-3-12)14(10-18)16(20)21/h11-14,17H,1-10H2,(H,20,21)/t13-,14+/m0/s1. The summed E-state index contributed by atoms with van der Waals surface area (Å²) in [5, 5.41) is 12.7. The van der Waals surface area contributed by atoms with Crippen LogP contribution in [0.25, 0.3) is 0 Å². The third kappa shape index (κ3) is 3.57. The van der Waals surface area contributed by atoms with Gasteiger partial charge in [-0.25, -0.2) is 0 Å². The van der Waals surface area contributed by atoms with E-state index in [1.165, 1.54) is 0 Å². The molecule has 2 heterocycles. The van der Waals surface area contributed by atoms with E-state index in [0.29, 0.717) is 31.3 Å². The zero-order valence-electron chi connectivity index (χ0n) is 12.6. The third-order valence-electron chi connectivity index (χ3n) is 5.49. The van der Waals surface area contributed by atoms with Crippen molar-refractivity contribution in [2.45, 2.75) is 38.5 Å². The Labute approximate surface area is 126 Å². The fourth-order valence-corrected chi connectivity index (χ4v) is 3.95. The molecule has 5 nitrogen and oxygen atoms in total. The lowest BCUT2D eigenvalue weighted by atomic mass is 9.92. The predicted molar refractivity (Wildman–Crippen MR) is 78.7 cm³/mol. The molecule has 0 unspecified atom stereocenters. The van der Waals surface area contributed by atoms with Crippen LogP contribution in [0.15, 0.2) is 0 Å². The molecule has 21 heavy (non-hydrogen) atoms. The minimum atomic E-state index is -0.722. The molecule has 3 aliphatic rings. The zero-order chi connectivity index (χ0) is 14.8. The van der Waals surface area contributed by atoms with Crippen molar-refractivity contribution in [1.29, 1.82) is 0 Å². The van der Waals surface area contributed by atoms with E-state index in [4.69, 9.17) is 0 Å². The van der Waals surface area contributed by atoms with Crippen molar-refractivity contribution >= 4 is 11.9 Å². The maximum absolute atomic E-state index is 12.4. The summed E-state index contributed by atoms with van der Waals surface area (Å²) in [4.78, 5) is 25.6. The molecule has 1 saturated carbocycles. The normalized spacial score (nSPS) is 30.6. The van der Waals surface area contributed by atoms with Crippen molar-refractivity contribution in [3.8, 4) is 0 Å². The topological polar surface area (TPSA) is 69.6 Å². The fraction of sp³-hybridized carbons (Fsp3) is 0.875. The van der Waals surface area contributed by atoms with Gasteiger partial charge in [0.1, 0.15) is 0 Å². The SMILES string of the molecule is O=C(O)[C@@H]1CN(C(=O)CCC2CCNCC2)C[C@H]1C1CC1. The van der Waals surface area contributed by atoms with Crippen LogP contribution in [0.2, 0.25) is 0 Å². The van der Waals surface area contributed by atoms with Crippen molar-refractivity contribution in [2.24, 2.45) is 23.7 Å². The Kier molecular flexibility index (Phi) is 4.48. The molecule has 2 saturated heterocycles. The van der Waals surface area contributed by atoms with Gasteiger partial charge in [-0.1, -0.05) is 0 Å². The first-order valence-corrected chi connectivity index (χ1v) is 8.36. The van der Waals surface area contributed by atoms with Gasteiger partial charge in [-0.2, -0.15) is 0 Å². The molecule has 2 aliphatic heterocycles. The van der Waals surface area contributed by atoms with Gasteiger partial charge in [0, 0.05) is 19.5 Å². The average Bonchev–Trinajstić information content (AvgIpc) is 3.24. The number of carboxylic acid groups (broad SMARTS) is 1. The molecule has 0 aromatic heterocycles. The van der Waals surface area contributed by atoms with E-state index in [1.54, 1.807) is 0 Å². The van der Waals surface area contributed by atoms with Crippen LogP contribution < -0.4 is 5.32 Å². The number of likely N-dealkylation sites (tertiary alicyclic amines) is 1. The van der Waals surface area contributed by atoms with Gasteiger partial charge >= 0.3 is 5.97 Å². The van der Waals surface area contributed by atoms with E-state index in [-0.39, 0.29) is 17.7 Å². The van der Waals surface area contributed by atoms with Crippen molar-refractivity contribution in [2.75, 3.05) is 26.2 Å². The van der Waals surface area contributed by atoms with Gasteiger partial charge in [0.05, 0.1) is 5.92 Å². The quantitative estimate of drug-likeness (QED) is 0.803. The Bertz CT molecular complexity index is 402. The van der Waals surface area contributed by atoms with Crippen LogP contribution in [0.3, 0.4) is 0 Å². The second kappa shape index (κ2) is 6.34. The molecule has 1 amide bonds. The Hall–Kier alpha value is -1.10. The maximum Gasteiger partial charge on any atom is 0.308 e. The molecule has 0 aromatic carbocycles. The second-order valence-corrected chi connectivity index (χ2v) is 6.98. The first-order valence-electron chi connectivity index (χ1n) is 8.36. The molecule has 0 radical (unpaired) electrons. The van der Waals surface area contributed by atoms with Crippen LogP contribution in [0.5, 0.6) is 0 Å². The average molecular weight is 294 g/mol. The summed E-state index contributed by atoms with van der Waals surface area (Å²) >= 11 is 0. The summed E-state index contributed by atoms with van der Waals surface area (Å²) in [6.07, 6.45) is 6.17. The van der Waals surface area contributed by atoms with Crippen LogP contribution in [-0.2, 0) is 9.59 Å². The Morgan fingerprint density at radius 1 is 1.10 bits per heavy atom. The van der Waals surface area contributed by atoms with E-state index < -0.39 is 5.97 Å². The summed E-state index contributed by atoms with van der Waals surface area (Å²) in [5.41, 5.74) is 0. The summed E-state index contributed by atoms with van der Waals surface area (Å²) in [6, 6.07) is 0. The summed E-state index contributed by atoms with van der Waals surface area (Å²) in [6.45, 7) is 3.23. The van der Waals surface area contributed by atoms with E-state index >= 15 is 0 Å². The van der Waals surface area contributed by atoms with Crippen molar-refractivity contribution in [3.05, 3.63) is 0 Å². The van der Waals surface area contributed by atoms with Gasteiger partial charge in [-0.3, -0.25) is 9.59 Å². The molecule has 0 aromatic rings. The van der Waals surface area contributed by atoms with Gasteiger partial charge in [0.2, 0.25) is 5.91 Å². The smallest absolute Gasteiger partial charge is 0.308 e. The number of piperidine rings is 1. The minimum absolute atomic E-state index is 0.169. The Morgan fingerprint density at radius 3 is 2.43 bits per heavy atom. The summed E-state index contributed by atoms with van der Waals surface area (Å²) in [5.74, 6) is 0.523. The molecule has 0 spiro atoms. The molecular weight excluding hydrogens is 268 g/mol. The van der Waals surface area contributed by atoms with Gasteiger partial charge in [0.15, 0.2) is 0 Å². The molecule has 3 fully saturated rings. The zero-order valence-corrected chi connectivity index (χ0v) is 12.6. The van der Waals surface area contributed by atoms with E-state index in [1.807, 2.05) is 4.90 Å². The van der Waals surface area contributed by atoms with Gasteiger partial charge in [-0.05, 0) is 62.9 Å². The molecule has 0 bridgehead atoms. The number of carbonyl (C=O) groups excluding carboxylic acids is 1. The van der Waals surface area contributed by atoms with E-state index in [0.717, 1.165) is 45.2 Å². The molecule has 1 aliphatic carbocycles. The van der Waals surface area contributed by atoms with Crippen LogP contribution in [-0.4, -0.2) is 48.1 Å². The Morgan fingerprint density at radius 2 is 1.81 bits per heavy atom. The highest BCUT2D eigenvalue weighted by Crippen LogP contribution is 2.44. The number of nitrogens with one attached hydrogen (secondary N) is 1. The van der Waals surface area contributed by atoms with Gasteiger partial charge in [-0.15, -0.1) is 0 Å². The molecule has 3 rings (SSSR count). The number of rotatable bonds is 5. The highest BCUT2D eigenvalue weighted by molar-refractivity contribution is 5.79. The third-order valence-corrected chi connectivity index (χ3v) is 5.49. The highest BCUT2D eigenvalue weighted by atomic mass is 16.4. The number of nitrogens with zero attached hydrogens (tertiary/aromatic N) is 1. The number of amides is 1. The Balaban J connectivity index is 1.49. The first-order chi connectivity index (χ1) is 10.1. The number of hydrogen-bond donors (Lipinski definition) is 2. The highest BCUT2D eigenvalue weighted by Gasteiger charge is 2.46. The number of aliphatic carboxylic acids is 1. The monoisotopic (exact) mass is 294 g/mol. The fourth-order valence-electron chi connectivity index (χ4n) is 3.95. The lowest BCUT2D eigenvalue weighted by Crippen LogP contribution is -2.32. The van der Waals surface area contributed by atoms with Crippen molar-refractivity contribution in [1.82, 2.24) is 10.2 Å². The minimum Gasteiger partial charge on any atom is -0.481 e. The first kappa shape index (κ1) is 14.8. The summed E-state index contributed by atoms with van der Waals surface area (Å²) in [7, 11) is 0. The van der Waals surface area contributed by atoms with Crippen LogP contribution in [0, 0.1) is 23.7 Å². The lowest BCUT2D eigenvalue weighted by molar-refractivity contribution is -0.142. The van der Waals surface area contributed by atoms with Crippen molar-refractivity contribution < 1.29 is 14.7 Å². The lowest BCUT2D eigenvalue weighted by Gasteiger charge is -2.23. The van der Waals surface area contributed by atoms with Crippen LogP contribution in [0.1, 0.15) is 38.5 Å². The number of carbonyl (C=O) groups is 2. The van der Waals surface area contributed by atoms with Crippen LogP contribution >= 0.6 is 0 Å². The van der Waals surface area contributed by atoms with E-state index in [9.17, 15) is 14.7 Å². The van der Waals surface area contributed by atoms with Crippen LogP contribution in [0.4, 0.5) is 0 Å².